The first-order valence-electron chi connectivity index (χ1n) is 11.7. The van der Waals surface area contributed by atoms with E-state index in [1.165, 1.54) is 18.2 Å². The third-order valence-corrected chi connectivity index (χ3v) is 6.93. The van der Waals surface area contributed by atoms with Gasteiger partial charge in [0.25, 0.3) is 0 Å². The van der Waals surface area contributed by atoms with Gasteiger partial charge in [-0.05, 0) is 53.6 Å². The summed E-state index contributed by atoms with van der Waals surface area (Å²) in [5.41, 5.74) is 3.71. The number of hydrogen-bond donors (Lipinski definition) is 1. The predicted octanol–water partition coefficient (Wildman–Crippen LogP) is 4.11. The maximum absolute atomic E-state index is 13.6. The highest BCUT2D eigenvalue weighted by molar-refractivity contribution is 5.93. The van der Waals surface area contributed by atoms with Gasteiger partial charge in [-0.3, -0.25) is 9.59 Å². The Balaban J connectivity index is 1.44. The second kappa shape index (κ2) is 8.67. The number of aromatic nitrogens is 1. The topological polar surface area (TPSA) is 98.1 Å². The van der Waals surface area contributed by atoms with E-state index in [1.54, 1.807) is 29.2 Å². The molecule has 4 aromatic rings. The van der Waals surface area contributed by atoms with Gasteiger partial charge in [-0.25, -0.2) is 4.79 Å². The van der Waals surface area contributed by atoms with Crippen molar-refractivity contribution in [1.82, 2.24) is 9.47 Å². The molecule has 184 valence electrons. The molecule has 0 aliphatic carbocycles. The molecule has 37 heavy (non-hydrogen) atoms. The fourth-order valence-corrected chi connectivity index (χ4v) is 5.11. The van der Waals surface area contributed by atoms with E-state index in [4.69, 9.17) is 14.6 Å². The number of para-hydroxylation sites is 1. The Morgan fingerprint density at radius 1 is 1.00 bits per heavy atom. The first-order valence-corrected chi connectivity index (χ1v) is 11.7. The van der Waals surface area contributed by atoms with Gasteiger partial charge in [0.15, 0.2) is 16.9 Å². The molecule has 6 rings (SSSR count). The number of carbonyl (C=O) groups excluding carboxylic acids is 1. The molecule has 8 heteroatoms. The summed E-state index contributed by atoms with van der Waals surface area (Å²) >= 11 is 0. The molecule has 3 aromatic carbocycles. The SMILES string of the molecule is Cn1c2c(c(=O)c3ccccc31)CN(C(=O)/C=C/c1ccc(C(=O)O)cc1)C2c1ccc2c(c1)OCO2. The molecular weight excluding hydrogens is 472 g/mol. The molecule has 0 spiro atoms. The average Bonchev–Trinajstić information content (AvgIpc) is 3.55. The van der Waals surface area contributed by atoms with Crippen LogP contribution in [0.1, 0.15) is 38.8 Å². The van der Waals surface area contributed by atoms with Crippen LogP contribution in [0.5, 0.6) is 11.5 Å². The molecule has 1 unspecified atom stereocenters. The Morgan fingerprint density at radius 2 is 1.76 bits per heavy atom. The third kappa shape index (κ3) is 3.74. The number of aromatic carboxylic acids is 1. The van der Waals surface area contributed by atoms with Gasteiger partial charge in [0, 0.05) is 24.1 Å². The van der Waals surface area contributed by atoms with Gasteiger partial charge >= 0.3 is 5.97 Å². The van der Waals surface area contributed by atoms with E-state index >= 15 is 0 Å². The standard InChI is InChI=1S/C29H22N2O6/c1-30-22-5-3-2-4-20(22)28(33)21-15-31(25(32)13-8-17-6-9-18(10-7-17)29(34)35)26(27(21)30)19-11-12-23-24(14-19)37-16-36-23/h2-14,26H,15-16H2,1H3,(H,34,35)/b13-8+. The van der Waals surface area contributed by atoms with Crippen LogP contribution in [0.3, 0.4) is 0 Å². The number of amides is 1. The summed E-state index contributed by atoms with van der Waals surface area (Å²) in [5.74, 6) is -0.0542. The number of fused-ring (bicyclic) bond motifs is 3. The number of nitrogens with zero attached hydrogens (tertiary/aromatic N) is 2. The highest BCUT2D eigenvalue weighted by Crippen LogP contribution is 2.42. The first kappa shape index (κ1) is 22.6. The molecule has 1 N–H and O–H groups in total. The molecule has 8 nitrogen and oxygen atoms in total. The molecule has 1 atom stereocenters. The lowest BCUT2D eigenvalue weighted by molar-refractivity contribution is -0.127. The van der Waals surface area contributed by atoms with E-state index in [1.807, 2.05) is 48.0 Å². The molecular formula is C29H22N2O6. The van der Waals surface area contributed by atoms with Crippen LogP contribution in [0, 0.1) is 0 Å². The van der Waals surface area contributed by atoms with E-state index in [0.717, 1.165) is 16.8 Å². The van der Waals surface area contributed by atoms with Crippen molar-refractivity contribution in [3.63, 3.8) is 0 Å². The summed E-state index contributed by atoms with van der Waals surface area (Å²) in [6.07, 6.45) is 3.09. The average molecular weight is 495 g/mol. The van der Waals surface area contributed by atoms with Gasteiger partial charge in [-0.15, -0.1) is 0 Å². The van der Waals surface area contributed by atoms with Crippen molar-refractivity contribution in [1.29, 1.82) is 0 Å². The number of pyridine rings is 1. The molecule has 0 radical (unpaired) electrons. The normalized spacial score (nSPS) is 15.9. The number of carbonyl (C=O) groups is 2. The molecule has 0 saturated carbocycles. The minimum atomic E-state index is -1.01. The minimum absolute atomic E-state index is 0.0852. The van der Waals surface area contributed by atoms with Gasteiger partial charge in [-0.1, -0.05) is 30.3 Å². The van der Waals surface area contributed by atoms with Crippen LogP contribution >= 0.6 is 0 Å². The molecule has 0 saturated heterocycles. The maximum atomic E-state index is 13.6. The summed E-state index contributed by atoms with van der Waals surface area (Å²) < 4.78 is 13.0. The van der Waals surface area contributed by atoms with Gasteiger partial charge in [0.05, 0.1) is 29.4 Å². The van der Waals surface area contributed by atoms with Crippen molar-refractivity contribution < 1.29 is 24.2 Å². The zero-order valence-corrected chi connectivity index (χ0v) is 19.9. The van der Waals surface area contributed by atoms with Crippen molar-refractivity contribution in [2.24, 2.45) is 7.05 Å². The van der Waals surface area contributed by atoms with E-state index < -0.39 is 12.0 Å². The van der Waals surface area contributed by atoms with Crippen LogP contribution in [0.4, 0.5) is 0 Å². The molecule has 2 aliphatic rings. The zero-order chi connectivity index (χ0) is 25.7. The maximum Gasteiger partial charge on any atom is 0.335 e. The molecule has 1 amide bonds. The smallest absolute Gasteiger partial charge is 0.335 e. The van der Waals surface area contributed by atoms with Gasteiger partial charge in [0.2, 0.25) is 12.7 Å². The number of rotatable bonds is 4. The molecule has 0 bridgehead atoms. The van der Waals surface area contributed by atoms with Crippen LogP contribution in [0.25, 0.3) is 17.0 Å². The van der Waals surface area contributed by atoms with Crippen LogP contribution in [-0.2, 0) is 18.4 Å². The van der Waals surface area contributed by atoms with E-state index in [9.17, 15) is 14.4 Å². The fourth-order valence-electron chi connectivity index (χ4n) is 5.11. The second-order valence-corrected chi connectivity index (χ2v) is 9.01. The Hall–Kier alpha value is -4.85. The number of carboxylic acid groups (broad SMARTS) is 1. The van der Waals surface area contributed by atoms with E-state index in [2.05, 4.69) is 0 Å². The van der Waals surface area contributed by atoms with Crippen molar-refractivity contribution in [3.05, 3.63) is 111 Å². The summed E-state index contributed by atoms with van der Waals surface area (Å²) in [7, 11) is 1.91. The predicted molar refractivity (Wildman–Crippen MR) is 137 cm³/mol. The second-order valence-electron chi connectivity index (χ2n) is 9.01. The monoisotopic (exact) mass is 494 g/mol. The number of carboxylic acids is 1. The summed E-state index contributed by atoms with van der Waals surface area (Å²) in [4.78, 5) is 39.9. The van der Waals surface area contributed by atoms with E-state index in [-0.39, 0.29) is 30.2 Å². The Kier molecular flexibility index (Phi) is 5.30. The van der Waals surface area contributed by atoms with Crippen molar-refractivity contribution in [3.8, 4) is 11.5 Å². The highest BCUT2D eigenvalue weighted by Gasteiger charge is 2.38. The number of aryl methyl sites for hydroxylation is 1. The highest BCUT2D eigenvalue weighted by atomic mass is 16.7. The van der Waals surface area contributed by atoms with Crippen LogP contribution < -0.4 is 14.9 Å². The zero-order valence-electron chi connectivity index (χ0n) is 19.9. The molecule has 2 aliphatic heterocycles. The number of ether oxygens (including phenoxy) is 2. The Labute approximate surface area is 211 Å². The van der Waals surface area contributed by atoms with Crippen molar-refractivity contribution in [2.75, 3.05) is 6.79 Å². The van der Waals surface area contributed by atoms with Crippen LogP contribution in [0.2, 0.25) is 0 Å². The van der Waals surface area contributed by atoms with Gasteiger partial charge < -0.3 is 24.0 Å². The summed E-state index contributed by atoms with van der Waals surface area (Å²) in [5, 5.41) is 9.72. The number of hydrogen-bond acceptors (Lipinski definition) is 5. The minimum Gasteiger partial charge on any atom is -0.478 e. The Morgan fingerprint density at radius 3 is 2.54 bits per heavy atom. The number of benzene rings is 3. The summed E-state index contributed by atoms with van der Waals surface area (Å²) in [6.45, 7) is 0.294. The lowest BCUT2D eigenvalue weighted by atomic mass is 10.00. The summed E-state index contributed by atoms with van der Waals surface area (Å²) in [6, 6.07) is 18.7. The first-order chi connectivity index (χ1) is 17.9. The van der Waals surface area contributed by atoms with Crippen molar-refractivity contribution >= 4 is 28.9 Å². The van der Waals surface area contributed by atoms with E-state index in [0.29, 0.717) is 28.0 Å². The molecule has 0 fully saturated rings. The molecule has 3 heterocycles. The Bertz CT molecular complexity index is 1670. The van der Waals surface area contributed by atoms with Crippen LogP contribution in [0.15, 0.2) is 77.6 Å². The van der Waals surface area contributed by atoms with Gasteiger partial charge in [0.1, 0.15) is 0 Å². The van der Waals surface area contributed by atoms with Crippen LogP contribution in [-0.4, -0.2) is 33.2 Å². The third-order valence-electron chi connectivity index (χ3n) is 6.93. The lowest BCUT2D eigenvalue weighted by Gasteiger charge is -2.26. The van der Waals surface area contributed by atoms with Crippen molar-refractivity contribution in [2.45, 2.75) is 12.6 Å². The molecule has 1 aromatic heterocycles. The quantitative estimate of drug-likeness (QED) is 0.429. The fraction of sp³-hybridized carbons (Fsp3) is 0.138. The lowest BCUT2D eigenvalue weighted by Crippen LogP contribution is -2.29. The van der Waals surface area contributed by atoms with Gasteiger partial charge in [-0.2, -0.15) is 0 Å². The largest absolute Gasteiger partial charge is 0.478 e.